The van der Waals surface area contributed by atoms with E-state index < -0.39 is 17.4 Å². The maximum atomic E-state index is 13.6. The van der Waals surface area contributed by atoms with Crippen molar-refractivity contribution in [2.45, 2.75) is 31.8 Å². The molecule has 31 heavy (non-hydrogen) atoms. The molecule has 2 N–H and O–H groups in total. The Hall–Kier alpha value is -2.70. The third-order valence-electron chi connectivity index (χ3n) is 6.91. The van der Waals surface area contributed by atoms with E-state index in [0.29, 0.717) is 29.2 Å². The van der Waals surface area contributed by atoms with Crippen molar-refractivity contribution in [3.05, 3.63) is 64.7 Å². The number of carbonyl (C=O) groups excluding carboxylic acids is 3. The maximum absolute atomic E-state index is 13.6. The molecule has 1 spiro atoms. The average molecular weight is 438 g/mol. The fraction of sp³-hybridized carbons (Fsp3) is 0.375. The molecule has 2 fully saturated rings. The fourth-order valence-corrected chi connectivity index (χ4v) is 5.69. The van der Waals surface area contributed by atoms with E-state index in [2.05, 4.69) is 10.6 Å². The molecule has 3 aliphatic heterocycles. The highest BCUT2D eigenvalue weighted by Crippen LogP contribution is 2.54. The van der Waals surface area contributed by atoms with Gasteiger partial charge in [0.2, 0.25) is 17.7 Å². The van der Waals surface area contributed by atoms with E-state index in [1.54, 1.807) is 12.1 Å². The Bertz CT molecular complexity index is 1090. The number of amides is 3. The lowest BCUT2D eigenvalue weighted by Crippen LogP contribution is -2.54. The van der Waals surface area contributed by atoms with Crippen molar-refractivity contribution < 1.29 is 14.4 Å². The van der Waals surface area contributed by atoms with Crippen LogP contribution < -0.4 is 10.6 Å². The molecular weight excluding hydrogens is 414 g/mol. The van der Waals surface area contributed by atoms with Crippen molar-refractivity contribution in [1.29, 1.82) is 0 Å². The number of fused-ring (bicyclic) bond motifs is 4. The van der Waals surface area contributed by atoms with Crippen molar-refractivity contribution >= 4 is 35.0 Å². The molecule has 2 unspecified atom stereocenters. The number of rotatable bonds is 4. The summed E-state index contributed by atoms with van der Waals surface area (Å²) in [5.74, 6) is -2.11. The van der Waals surface area contributed by atoms with Gasteiger partial charge in [-0.15, -0.1) is 0 Å². The lowest BCUT2D eigenvalue weighted by molar-refractivity contribution is -0.142. The number of imide groups is 1. The second-order valence-corrected chi connectivity index (χ2v) is 9.31. The molecule has 0 radical (unpaired) electrons. The van der Waals surface area contributed by atoms with Crippen LogP contribution in [0.25, 0.3) is 0 Å². The molecule has 7 heteroatoms. The molecule has 160 valence electrons. The summed E-state index contributed by atoms with van der Waals surface area (Å²) in [6, 6.07) is 14.8. The normalized spacial score (nSPS) is 29.1. The van der Waals surface area contributed by atoms with Crippen LogP contribution in [0.1, 0.15) is 25.0 Å². The third kappa shape index (κ3) is 2.78. The molecule has 3 aliphatic rings. The summed E-state index contributed by atoms with van der Waals surface area (Å²) in [6.07, 6.45) is 0.582. The van der Waals surface area contributed by atoms with Crippen molar-refractivity contribution in [2.75, 3.05) is 11.9 Å². The Morgan fingerprint density at radius 3 is 2.48 bits per heavy atom. The van der Waals surface area contributed by atoms with Crippen LogP contribution in [0.5, 0.6) is 0 Å². The molecule has 3 heterocycles. The van der Waals surface area contributed by atoms with Gasteiger partial charge in [-0.2, -0.15) is 0 Å². The van der Waals surface area contributed by atoms with Gasteiger partial charge in [0.05, 0.1) is 22.5 Å². The molecule has 5 rings (SSSR count). The molecule has 0 bridgehead atoms. The highest BCUT2D eigenvalue weighted by molar-refractivity contribution is 6.35. The van der Waals surface area contributed by atoms with Crippen molar-refractivity contribution in [3.8, 4) is 0 Å². The second kappa shape index (κ2) is 7.18. The maximum Gasteiger partial charge on any atom is 0.250 e. The SMILES string of the molecule is CC(C)C1NC2(C(=O)Nc3c(Cl)cccc32)[C@H]2C(=O)N(CCc3ccccc3)C(=O)[C@@H]12. The number of hydrogen-bond acceptors (Lipinski definition) is 4. The van der Waals surface area contributed by atoms with E-state index in [4.69, 9.17) is 11.6 Å². The van der Waals surface area contributed by atoms with Gasteiger partial charge in [0.1, 0.15) is 5.54 Å². The zero-order chi connectivity index (χ0) is 21.9. The summed E-state index contributed by atoms with van der Waals surface area (Å²) in [5, 5.41) is 6.70. The lowest BCUT2D eigenvalue weighted by atomic mass is 9.76. The number of nitrogens with zero attached hydrogens (tertiary/aromatic N) is 1. The van der Waals surface area contributed by atoms with Gasteiger partial charge in [-0.3, -0.25) is 24.6 Å². The summed E-state index contributed by atoms with van der Waals surface area (Å²) in [5.41, 5.74) is 0.944. The van der Waals surface area contributed by atoms with Crippen LogP contribution in [0.3, 0.4) is 0 Å². The monoisotopic (exact) mass is 437 g/mol. The van der Waals surface area contributed by atoms with Crippen LogP contribution in [-0.4, -0.2) is 35.2 Å². The molecule has 6 nitrogen and oxygen atoms in total. The van der Waals surface area contributed by atoms with E-state index in [1.165, 1.54) is 4.90 Å². The minimum atomic E-state index is -1.28. The van der Waals surface area contributed by atoms with Gasteiger partial charge in [-0.25, -0.2) is 0 Å². The number of benzene rings is 2. The number of anilines is 1. The van der Waals surface area contributed by atoms with Crippen LogP contribution in [0, 0.1) is 17.8 Å². The number of halogens is 1. The molecule has 2 aromatic rings. The number of carbonyl (C=O) groups is 3. The minimum Gasteiger partial charge on any atom is -0.323 e. The van der Waals surface area contributed by atoms with Crippen molar-refractivity contribution in [2.24, 2.45) is 17.8 Å². The Labute approximate surface area is 185 Å². The summed E-state index contributed by atoms with van der Waals surface area (Å²) in [4.78, 5) is 41.8. The van der Waals surface area contributed by atoms with Crippen molar-refractivity contribution in [1.82, 2.24) is 10.2 Å². The van der Waals surface area contributed by atoms with Gasteiger partial charge >= 0.3 is 0 Å². The summed E-state index contributed by atoms with van der Waals surface area (Å²) >= 11 is 6.34. The number of nitrogens with one attached hydrogen (secondary N) is 2. The summed E-state index contributed by atoms with van der Waals surface area (Å²) in [7, 11) is 0. The van der Waals surface area contributed by atoms with Crippen LogP contribution in [-0.2, 0) is 26.3 Å². The number of para-hydroxylation sites is 1. The zero-order valence-electron chi connectivity index (χ0n) is 17.4. The van der Waals surface area contributed by atoms with E-state index in [-0.39, 0.29) is 29.7 Å². The highest BCUT2D eigenvalue weighted by atomic mass is 35.5. The average Bonchev–Trinajstić information content (AvgIpc) is 3.34. The molecule has 0 saturated carbocycles. The Kier molecular flexibility index (Phi) is 4.68. The molecule has 2 saturated heterocycles. The number of likely N-dealkylation sites (tertiary alicyclic amines) is 1. The van der Waals surface area contributed by atoms with Gasteiger partial charge in [0.15, 0.2) is 0 Å². The van der Waals surface area contributed by atoms with Gasteiger partial charge in [0.25, 0.3) is 0 Å². The first kappa shape index (κ1) is 20.2. The molecule has 4 atom stereocenters. The number of hydrogen-bond donors (Lipinski definition) is 2. The molecule has 0 aliphatic carbocycles. The highest BCUT2D eigenvalue weighted by Gasteiger charge is 2.70. The topological polar surface area (TPSA) is 78.5 Å². The molecule has 3 amide bonds. The Balaban J connectivity index is 1.56. The molecule has 0 aromatic heterocycles. The van der Waals surface area contributed by atoms with Gasteiger partial charge in [0, 0.05) is 18.2 Å². The Morgan fingerprint density at radius 1 is 1.03 bits per heavy atom. The van der Waals surface area contributed by atoms with Crippen LogP contribution in [0.15, 0.2) is 48.5 Å². The van der Waals surface area contributed by atoms with E-state index in [1.807, 2.05) is 50.2 Å². The lowest BCUT2D eigenvalue weighted by Gasteiger charge is -2.30. The van der Waals surface area contributed by atoms with Crippen LogP contribution in [0.4, 0.5) is 5.69 Å². The fourth-order valence-electron chi connectivity index (χ4n) is 5.46. The van der Waals surface area contributed by atoms with Gasteiger partial charge in [-0.05, 0) is 24.0 Å². The first-order valence-corrected chi connectivity index (χ1v) is 11.0. The second-order valence-electron chi connectivity index (χ2n) is 8.91. The zero-order valence-corrected chi connectivity index (χ0v) is 18.1. The van der Waals surface area contributed by atoms with Gasteiger partial charge in [-0.1, -0.05) is 67.9 Å². The first-order chi connectivity index (χ1) is 14.9. The molecule has 2 aromatic carbocycles. The van der Waals surface area contributed by atoms with Gasteiger partial charge < -0.3 is 5.32 Å². The summed E-state index contributed by atoms with van der Waals surface area (Å²) in [6.45, 7) is 4.31. The first-order valence-electron chi connectivity index (χ1n) is 10.6. The standard InChI is InChI=1S/C24H24ClN3O3/c1-13(2)19-17-18(22(30)28(21(17)29)12-11-14-7-4-3-5-8-14)24(27-19)15-9-6-10-16(25)20(15)26-23(24)31/h3-10,13,17-19,27H,11-12H2,1-2H3,(H,26,31)/t17-,18-,19?,24?/m1/s1. The predicted octanol–water partition coefficient (Wildman–Crippen LogP) is 2.96. The predicted molar refractivity (Wildman–Crippen MR) is 117 cm³/mol. The summed E-state index contributed by atoms with van der Waals surface area (Å²) < 4.78 is 0. The minimum absolute atomic E-state index is 0.0636. The largest absolute Gasteiger partial charge is 0.323 e. The Morgan fingerprint density at radius 2 is 1.77 bits per heavy atom. The van der Waals surface area contributed by atoms with E-state index >= 15 is 0 Å². The van der Waals surface area contributed by atoms with Crippen LogP contribution >= 0.6 is 11.6 Å². The van der Waals surface area contributed by atoms with Crippen molar-refractivity contribution in [3.63, 3.8) is 0 Å². The smallest absolute Gasteiger partial charge is 0.250 e. The quantitative estimate of drug-likeness (QED) is 0.721. The molecular formula is C24H24ClN3O3. The van der Waals surface area contributed by atoms with E-state index in [9.17, 15) is 14.4 Å². The third-order valence-corrected chi connectivity index (χ3v) is 7.23. The van der Waals surface area contributed by atoms with E-state index in [0.717, 1.165) is 5.56 Å². The van der Waals surface area contributed by atoms with Crippen LogP contribution in [0.2, 0.25) is 5.02 Å².